The Bertz CT molecular complexity index is 576. The zero-order valence-corrected chi connectivity index (χ0v) is 14.0. The minimum absolute atomic E-state index is 0.511. The Kier molecular flexibility index (Phi) is 4.45. The molecule has 1 saturated heterocycles. The molecule has 0 aliphatic carbocycles. The fourth-order valence-electron chi connectivity index (χ4n) is 3.03. The summed E-state index contributed by atoms with van der Waals surface area (Å²) in [6.45, 7) is 10.1. The second-order valence-electron chi connectivity index (χ2n) is 6.48. The lowest BCUT2D eigenvalue weighted by molar-refractivity contribution is 0.204. The Morgan fingerprint density at radius 1 is 1.38 bits per heavy atom. The molecule has 0 amide bonds. The van der Waals surface area contributed by atoms with Crippen molar-refractivity contribution in [3.05, 3.63) is 39.3 Å². The number of nitrogens with one attached hydrogen (secondary N) is 1. The SMILES string of the molecule is Cc1ccsc1CN1CCC(c2cc(C(C)C)n[nH]2)CC1. The van der Waals surface area contributed by atoms with Gasteiger partial charge in [0, 0.05) is 23.0 Å². The van der Waals surface area contributed by atoms with Gasteiger partial charge >= 0.3 is 0 Å². The number of hydrogen-bond donors (Lipinski definition) is 1. The molecule has 114 valence electrons. The van der Waals surface area contributed by atoms with E-state index in [1.165, 1.54) is 47.8 Å². The number of likely N-dealkylation sites (tertiary alicyclic amines) is 1. The van der Waals surface area contributed by atoms with Gasteiger partial charge in [-0.05, 0) is 61.8 Å². The molecule has 3 rings (SSSR count). The summed E-state index contributed by atoms with van der Waals surface area (Å²) in [4.78, 5) is 4.12. The van der Waals surface area contributed by atoms with Gasteiger partial charge in [0.25, 0.3) is 0 Å². The summed E-state index contributed by atoms with van der Waals surface area (Å²) < 4.78 is 0. The summed E-state index contributed by atoms with van der Waals surface area (Å²) in [5, 5.41) is 9.91. The highest BCUT2D eigenvalue weighted by molar-refractivity contribution is 7.10. The van der Waals surface area contributed by atoms with E-state index in [1.54, 1.807) is 0 Å². The number of aromatic nitrogens is 2. The summed E-state index contributed by atoms with van der Waals surface area (Å²) >= 11 is 1.89. The predicted octanol–water partition coefficient (Wildman–Crippen LogP) is 4.28. The first-order chi connectivity index (χ1) is 10.1. The highest BCUT2D eigenvalue weighted by atomic mass is 32.1. The molecule has 0 spiro atoms. The fraction of sp³-hybridized carbons (Fsp3) is 0.588. The summed E-state index contributed by atoms with van der Waals surface area (Å²) in [7, 11) is 0. The van der Waals surface area contributed by atoms with Crippen LogP contribution in [-0.4, -0.2) is 28.2 Å². The number of piperidine rings is 1. The van der Waals surface area contributed by atoms with Crippen molar-refractivity contribution in [2.45, 2.75) is 52.0 Å². The lowest BCUT2D eigenvalue weighted by atomic mass is 9.93. The van der Waals surface area contributed by atoms with Gasteiger partial charge in [0.1, 0.15) is 0 Å². The average Bonchev–Trinajstić information content (AvgIpc) is 3.10. The molecule has 1 aliphatic rings. The lowest BCUT2D eigenvalue weighted by Gasteiger charge is -2.31. The number of aromatic amines is 1. The molecule has 3 heterocycles. The smallest absolute Gasteiger partial charge is 0.0650 e. The fourth-order valence-corrected chi connectivity index (χ4v) is 3.98. The van der Waals surface area contributed by atoms with Gasteiger partial charge in [-0.1, -0.05) is 13.8 Å². The number of nitrogens with zero attached hydrogens (tertiary/aromatic N) is 2. The number of hydrogen-bond acceptors (Lipinski definition) is 3. The monoisotopic (exact) mass is 303 g/mol. The van der Waals surface area contributed by atoms with Gasteiger partial charge in [-0.15, -0.1) is 11.3 Å². The number of rotatable bonds is 4. The summed E-state index contributed by atoms with van der Waals surface area (Å²) in [5.74, 6) is 1.17. The van der Waals surface area contributed by atoms with E-state index in [9.17, 15) is 0 Å². The van der Waals surface area contributed by atoms with Crippen LogP contribution in [0.5, 0.6) is 0 Å². The third-order valence-electron chi connectivity index (χ3n) is 4.57. The van der Waals surface area contributed by atoms with E-state index < -0.39 is 0 Å². The third kappa shape index (κ3) is 3.38. The van der Waals surface area contributed by atoms with Gasteiger partial charge in [0.2, 0.25) is 0 Å². The van der Waals surface area contributed by atoms with Crippen molar-refractivity contribution < 1.29 is 0 Å². The molecule has 0 bridgehead atoms. The second kappa shape index (κ2) is 6.32. The summed E-state index contributed by atoms with van der Waals surface area (Å²) in [6.07, 6.45) is 2.48. The molecule has 1 aliphatic heterocycles. The molecular formula is C17H25N3S. The Labute approximate surface area is 131 Å². The van der Waals surface area contributed by atoms with Gasteiger partial charge < -0.3 is 0 Å². The van der Waals surface area contributed by atoms with Crippen molar-refractivity contribution in [2.75, 3.05) is 13.1 Å². The normalized spacial score (nSPS) is 17.7. The van der Waals surface area contributed by atoms with Gasteiger partial charge in [-0.25, -0.2) is 0 Å². The van der Waals surface area contributed by atoms with Crippen molar-refractivity contribution in [3.8, 4) is 0 Å². The lowest BCUT2D eigenvalue weighted by Crippen LogP contribution is -2.32. The van der Waals surface area contributed by atoms with Crippen LogP contribution in [0.4, 0.5) is 0 Å². The zero-order valence-electron chi connectivity index (χ0n) is 13.2. The number of H-pyrrole nitrogens is 1. The van der Waals surface area contributed by atoms with E-state index in [0.29, 0.717) is 11.8 Å². The van der Waals surface area contributed by atoms with E-state index in [1.807, 2.05) is 11.3 Å². The Morgan fingerprint density at radius 3 is 2.71 bits per heavy atom. The molecule has 1 N–H and O–H groups in total. The number of aryl methyl sites for hydroxylation is 1. The molecule has 0 aromatic carbocycles. The van der Waals surface area contributed by atoms with E-state index in [0.717, 1.165) is 6.54 Å². The molecular weight excluding hydrogens is 278 g/mol. The van der Waals surface area contributed by atoms with Gasteiger partial charge in [-0.3, -0.25) is 10.00 Å². The van der Waals surface area contributed by atoms with Crippen LogP contribution in [0.25, 0.3) is 0 Å². The zero-order chi connectivity index (χ0) is 14.8. The Hall–Kier alpha value is -1.13. The quantitative estimate of drug-likeness (QED) is 0.914. The molecule has 0 radical (unpaired) electrons. The molecule has 2 aromatic rings. The maximum Gasteiger partial charge on any atom is 0.0650 e. The molecule has 21 heavy (non-hydrogen) atoms. The summed E-state index contributed by atoms with van der Waals surface area (Å²) in [6, 6.07) is 4.50. The second-order valence-corrected chi connectivity index (χ2v) is 7.48. The van der Waals surface area contributed by atoms with E-state index in [4.69, 9.17) is 0 Å². The molecule has 4 heteroatoms. The van der Waals surface area contributed by atoms with Crippen LogP contribution in [0.2, 0.25) is 0 Å². The minimum atomic E-state index is 0.511. The van der Waals surface area contributed by atoms with Gasteiger partial charge in [-0.2, -0.15) is 5.10 Å². The van der Waals surface area contributed by atoms with Crippen molar-refractivity contribution in [1.29, 1.82) is 0 Å². The van der Waals surface area contributed by atoms with Crippen molar-refractivity contribution in [3.63, 3.8) is 0 Å². The average molecular weight is 303 g/mol. The van der Waals surface area contributed by atoms with Gasteiger partial charge in [0.05, 0.1) is 5.69 Å². The first-order valence-electron chi connectivity index (χ1n) is 7.94. The van der Waals surface area contributed by atoms with Crippen molar-refractivity contribution in [2.24, 2.45) is 0 Å². The topological polar surface area (TPSA) is 31.9 Å². The minimum Gasteiger partial charge on any atom is -0.298 e. The standard InChI is InChI=1S/C17H25N3S/c1-12(2)15-10-16(19-18-15)14-4-7-20(8-5-14)11-17-13(3)6-9-21-17/h6,9-10,12,14H,4-5,7-8,11H2,1-3H3,(H,18,19). The van der Waals surface area contributed by atoms with E-state index in [-0.39, 0.29) is 0 Å². The highest BCUT2D eigenvalue weighted by Gasteiger charge is 2.23. The van der Waals surface area contributed by atoms with Crippen LogP contribution in [0.1, 0.15) is 60.4 Å². The molecule has 0 atom stereocenters. The molecule has 3 nitrogen and oxygen atoms in total. The van der Waals surface area contributed by atoms with E-state index in [2.05, 4.69) is 53.4 Å². The van der Waals surface area contributed by atoms with Crippen molar-refractivity contribution >= 4 is 11.3 Å². The third-order valence-corrected chi connectivity index (χ3v) is 5.58. The first kappa shape index (κ1) is 14.8. The van der Waals surface area contributed by atoms with Crippen LogP contribution < -0.4 is 0 Å². The van der Waals surface area contributed by atoms with Crippen LogP contribution in [0.3, 0.4) is 0 Å². The molecule has 1 fully saturated rings. The van der Waals surface area contributed by atoms with Crippen LogP contribution in [0, 0.1) is 6.92 Å². The largest absolute Gasteiger partial charge is 0.298 e. The molecule has 0 unspecified atom stereocenters. The Balaban J connectivity index is 1.56. The maximum absolute atomic E-state index is 4.45. The van der Waals surface area contributed by atoms with Crippen LogP contribution in [0.15, 0.2) is 17.5 Å². The molecule has 2 aromatic heterocycles. The van der Waals surface area contributed by atoms with Crippen molar-refractivity contribution in [1.82, 2.24) is 15.1 Å². The number of thiophene rings is 1. The van der Waals surface area contributed by atoms with E-state index >= 15 is 0 Å². The predicted molar refractivity (Wildman–Crippen MR) is 89.0 cm³/mol. The molecule has 0 saturated carbocycles. The van der Waals surface area contributed by atoms with Crippen LogP contribution in [-0.2, 0) is 6.54 Å². The van der Waals surface area contributed by atoms with Gasteiger partial charge in [0.15, 0.2) is 0 Å². The van der Waals surface area contributed by atoms with Crippen LogP contribution >= 0.6 is 11.3 Å². The Morgan fingerprint density at radius 2 is 2.14 bits per heavy atom. The summed E-state index contributed by atoms with van der Waals surface area (Å²) in [5.41, 5.74) is 3.98. The maximum atomic E-state index is 4.45. The highest BCUT2D eigenvalue weighted by Crippen LogP contribution is 2.29. The first-order valence-corrected chi connectivity index (χ1v) is 8.82.